The Morgan fingerprint density at radius 1 is 1.00 bits per heavy atom. The number of ether oxygens (including phenoxy) is 2. The third kappa shape index (κ3) is 3.50. The minimum atomic E-state index is -0.829. The van der Waals surface area contributed by atoms with Crippen LogP contribution in [0.5, 0.6) is 11.5 Å². The molecule has 0 atom stereocenters. The highest BCUT2D eigenvalue weighted by molar-refractivity contribution is 6.61. The summed E-state index contributed by atoms with van der Waals surface area (Å²) in [5.41, 5.74) is -0.0696. The molecule has 0 saturated heterocycles. The van der Waals surface area contributed by atoms with E-state index in [1.807, 2.05) is 54.6 Å². The van der Waals surface area contributed by atoms with Crippen LogP contribution in [0.15, 0.2) is 54.6 Å². The number of carbonyl (C=O) groups excluding carboxylic acids is 1. The predicted octanol–water partition coefficient (Wildman–Crippen LogP) is 4.35. The van der Waals surface area contributed by atoms with Crippen LogP contribution in [0.3, 0.4) is 0 Å². The Balaban J connectivity index is 2.14. The van der Waals surface area contributed by atoms with E-state index in [0.717, 1.165) is 11.3 Å². The molecule has 0 radical (unpaired) electrons. The van der Waals surface area contributed by atoms with Gasteiger partial charge in [-0.2, -0.15) is 0 Å². The molecule has 2 aromatic rings. The quantitative estimate of drug-likeness (QED) is 0.768. The molecule has 0 fully saturated rings. The molecule has 0 aliphatic carbocycles. The number of halogens is 1. The molecule has 0 N–H and O–H groups in total. The van der Waals surface area contributed by atoms with Crippen LogP contribution in [0.2, 0.25) is 0 Å². The topological polar surface area (TPSA) is 35.5 Å². The Labute approximate surface area is 110 Å². The molecule has 2 aromatic carbocycles. The highest BCUT2D eigenvalue weighted by Gasteiger charge is 2.06. The maximum atomic E-state index is 10.6. The van der Waals surface area contributed by atoms with E-state index in [2.05, 4.69) is 0 Å². The molecule has 0 aromatic heterocycles. The summed E-state index contributed by atoms with van der Waals surface area (Å²) in [7, 11) is 0. The summed E-state index contributed by atoms with van der Waals surface area (Å²) in [6.07, 6.45) is 0. The van der Waals surface area contributed by atoms with Crippen molar-refractivity contribution >= 4 is 17.0 Å². The first-order valence-electron chi connectivity index (χ1n) is 5.39. The molecule has 2 rings (SSSR count). The second-order valence-corrected chi connectivity index (χ2v) is 3.86. The van der Waals surface area contributed by atoms with E-state index >= 15 is 0 Å². The van der Waals surface area contributed by atoms with Crippen LogP contribution in [-0.4, -0.2) is 5.43 Å². The van der Waals surface area contributed by atoms with E-state index in [1.54, 1.807) is 0 Å². The van der Waals surface area contributed by atoms with Crippen LogP contribution in [0.4, 0.5) is 4.79 Å². The monoisotopic (exact) mass is 262 g/mol. The van der Waals surface area contributed by atoms with Gasteiger partial charge in [-0.15, -0.1) is 0 Å². The van der Waals surface area contributed by atoms with E-state index in [0.29, 0.717) is 5.75 Å². The minimum absolute atomic E-state index is 0.0886. The molecule has 0 aliphatic rings. The van der Waals surface area contributed by atoms with Gasteiger partial charge in [0, 0.05) is 17.2 Å². The van der Waals surface area contributed by atoms with Gasteiger partial charge in [-0.1, -0.05) is 36.4 Å². The molecule has 0 heterocycles. The zero-order valence-corrected chi connectivity index (χ0v) is 10.3. The van der Waals surface area contributed by atoms with Crippen LogP contribution in [-0.2, 0) is 11.3 Å². The lowest BCUT2D eigenvalue weighted by Gasteiger charge is -2.10. The fourth-order valence-corrected chi connectivity index (χ4v) is 1.53. The summed E-state index contributed by atoms with van der Waals surface area (Å²) in [6.45, 7) is 0.0886. The van der Waals surface area contributed by atoms with Crippen LogP contribution < -0.4 is 4.74 Å². The third-order valence-electron chi connectivity index (χ3n) is 2.28. The molecule has 0 unspecified atom stereocenters. The Morgan fingerprint density at radius 3 is 2.39 bits per heavy atom. The Bertz CT molecular complexity index is 526. The van der Waals surface area contributed by atoms with Crippen molar-refractivity contribution in [2.75, 3.05) is 0 Å². The van der Waals surface area contributed by atoms with E-state index in [4.69, 9.17) is 21.1 Å². The predicted molar refractivity (Wildman–Crippen MR) is 69.0 cm³/mol. The van der Waals surface area contributed by atoms with Gasteiger partial charge in [0.05, 0.1) is 0 Å². The lowest BCUT2D eigenvalue weighted by Crippen LogP contribution is -1.97. The Morgan fingerprint density at radius 2 is 1.67 bits per heavy atom. The standard InChI is InChI=1S/C14H11ClO3/c15-14(16)17-10-11-6-4-5-9-13(11)18-12-7-2-1-3-8-12/h1-9H,10H2. The minimum Gasteiger partial charge on any atom is -0.457 e. The summed E-state index contributed by atoms with van der Waals surface area (Å²) in [6, 6.07) is 16.7. The normalized spacial score (nSPS) is 9.83. The van der Waals surface area contributed by atoms with Crippen LogP contribution in [0.1, 0.15) is 5.56 Å². The number of rotatable bonds is 4. The first-order valence-corrected chi connectivity index (χ1v) is 5.76. The van der Waals surface area contributed by atoms with Crippen LogP contribution in [0, 0.1) is 0 Å². The van der Waals surface area contributed by atoms with Crippen molar-refractivity contribution in [1.82, 2.24) is 0 Å². The highest BCUT2D eigenvalue weighted by Crippen LogP contribution is 2.25. The number of carbonyl (C=O) groups is 1. The van der Waals surface area contributed by atoms with Crippen molar-refractivity contribution in [3.8, 4) is 11.5 Å². The summed E-state index contributed by atoms with van der Waals surface area (Å²) >= 11 is 5.14. The van der Waals surface area contributed by atoms with Gasteiger partial charge >= 0.3 is 5.43 Å². The summed E-state index contributed by atoms with van der Waals surface area (Å²) in [4.78, 5) is 10.6. The van der Waals surface area contributed by atoms with Gasteiger partial charge in [-0.05, 0) is 18.2 Å². The van der Waals surface area contributed by atoms with Crippen molar-refractivity contribution in [1.29, 1.82) is 0 Å². The number of hydrogen-bond acceptors (Lipinski definition) is 3. The Hall–Kier alpha value is -2.00. The molecule has 4 heteroatoms. The van der Waals surface area contributed by atoms with Gasteiger partial charge in [0.1, 0.15) is 18.1 Å². The number of para-hydroxylation sites is 2. The molecule has 0 bridgehead atoms. The average Bonchev–Trinajstić information content (AvgIpc) is 2.39. The van der Waals surface area contributed by atoms with Crippen LogP contribution in [0.25, 0.3) is 0 Å². The summed E-state index contributed by atoms with van der Waals surface area (Å²) < 4.78 is 10.5. The largest absolute Gasteiger partial charge is 0.457 e. The lowest BCUT2D eigenvalue weighted by atomic mass is 10.2. The Kier molecular flexibility index (Phi) is 4.20. The van der Waals surface area contributed by atoms with Crippen molar-refractivity contribution in [3.63, 3.8) is 0 Å². The first kappa shape index (κ1) is 12.5. The van der Waals surface area contributed by atoms with Crippen LogP contribution >= 0.6 is 11.6 Å². The van der Waals surface area contributed by atoms with E-state index < -0.39 is 5.43 Å². The molecule has 0 amide bonds. The molecule has 0 saturated carbocycles. The van der Waals surface area contributed by atoms with Gasteiger partial charge in [-0.3, -0.25) is 0 Å². The maximum Gasteiger partial charge on any atom is 0.404 e. The van der Waals surface area contributed by atoms with Gasteiger partial charge in [0.2, 0.25) is 0 Å². The molecule has 0 spiro atoms. The fraction of sp³-hybridized carbons (Fsp3) is 0.0714. The smallest absolute Gasteiger partial charge is 0.404 e. The zero-order valence-electron chi connectivity index (χ0n) is 9.51. The summed E-state index contributed by atoms with van der Waals surface area (Å²) in [5.74, 6) is 1.36. The second kappa shape index (κ2) is 6.07. The highest BCUT2D eigenvalue weighted by atomic mass is 35.5. The van der Waals surface area contributed by atoms with Gasteiger partial charge in [0.25, 0.3) is 0 Å². The summed E-state index contributed by atoms with van der Waals surface area (Å²) in [5, 5.41) is 0. The second-order valence-electron chi connectivity index (χ2n) is 3.55. The molecule has 3 nitrogen and oxygen atoms in total. The van der Waals surface area contributed by atoms with E-state index in [1.165, 1.54) is 0 Å². The molecule has 18 heavy (non-hydrogen) atoms. The van der Waals surface area contributed by atoms with E-state index in [-0.39, 0.29) is 6.61 Å². The molecule has 0 aliphatic heterocycles. The average molecular weight is 263 g/mol. The van der Waals surface area contributed by atoms with Crippen molar-refractivity contribution in [2.45, 2.75) is 6.61 Å². The molecular formula is C14H11ClO3. The third-order valence-corrected chi connectivity index (χ3v) is 2.39. The maximum absolute atomic E-state index is 10.6. The van der Waals surface area contributed by atoms with Crippen molar-refractivity contribution in [3.05, 3.63) is 60.2 Å². The van der Waals surface area contributed by atoms with Crippen molar-refractivity contribution < 1.29 is 14.3 Å². The van der Waals surface area contributed by atoms with E-state index in [9.17, 15) is 4.79 Å². The van der Waals surface area contributed by atoms with Gasteiger partial charge in [-0.25, -0.2) is 4.79 Å². The SMILES string of the molecule is O=C(Cl)OCc1ccccc1Oc1ccccc1. The molecule has 92 valence electrons. The number of hydrogen-bond donors (Lipinski definition) is 0. The molecular weight excluding hydrogens is 252 g/mol. The lowest BCUT2D eigenvalue weighted by molar-refractivity contribution is 0.166. The zero-order chi connectivity index (χ0) is 12.8. The van der Waals surface area contributed by atoms with Gasteiger partial charge < -0.3 is 9.47 Å². The fourth-order valence-electron chi connectivity index (χ4n) is 1.47. The first-order chi connectivity index (χ1) is 8.75. The van der Waals surface area contributed by atoms with Crippen molar-refractivity contribution in [2.24, 2.45) is 0 Å². The number of benzene rings is 2. The van der Waals surface area contributed by atoms with Gasteiger partial charge in [0.15, 0.2) is 0 Å².